The molecule has 2 amide bonds. The highest BCUT2D eigenvalue weighted by atomic mass is 32.2. The van der Waals surface area contributed by atoms with E-state index in [0.717, 1.165) is 0 Å². The lowest BCUT2D eigenvalue weighted by molar-refractivity contribution is -0.384. The molecule has 0 spiro atoms. The van der Waals surface area contributed by atoms with Gasteiger partial charge in [0.05, 0.1) is 31.6 Å². The fraction of sp³-hybridized carbons (Fsp3) is 0.357. The first-order valence-corrected chi connectivity index (χ1v) is 14.3. The Morgan fingerprint density at radius 3 is 2.30 bits per heavy atom. The third kappa shape index (κ3) is 9.44. The highest BCUT2D eigenvalue weighted by molar-refractivity contribution is 7.94. The van der Waals surface area contributed by atoms with Gasteiger partial charge in [-0.1, -0.05) is 0 Å². The second-order valence-electron chi connectivity index (χ2n) is 9.28. The molecule has 0 bridgehead atoms. The maximum absolute atomic E-state index is 13.0. The van der Waals surface area contributed by atoms with E-state index in [0.29, 0.717) is 22.6 Å². The van der Waals surface area contributed by atoms with Gasteiger partial charge in [0.2, 0.25) is 5.91 Å². The van der Waals surface area contributed by atoms with E-state index < -0.39 is 65.1 Å². The number of rotatable bonds is 15. The highest BCUT2D eigenvalue weighted by Gasteiger charge is 2.50. The Balaban J connectivity index is 1.65. The summed E-state index contributed by atoms with van der Waals surface area (Å²) in [6.07, 6.45) is -0.0853. The first-order chi connectivity index (χ1) is 20.5. The zero-order chi connectivity index (χ0) is 31.5. The predicted molar refractivity (Wildman–Crippen MR) is 152 cm³/mol. The molecule has 2 aromatic rings. The number of esters is 2. The van der Waals surface area contributed by atoms with Gasteiger partial charge in [0.25, 0.3) is 11.6 Å². The summed E-state index contributed by atoms with van der Waals surface area (Å²) in [6, 6.07) is 10.1. The van der Waals surface area contributed by atoms with Gasteiger partial charge in [0.1, 0.15) is 41.9 Å². The second kappa shape index (κ2) is 15.6. The SMILES string of the molecule is COC(=O)CC[S+]([O-])C=C(C)C1C(NC(=O)COc2ccc(OC)cc2)C(=O)N1CC(=O)OCc1ccc([N+](=O)[O-])cc1. The molecule has 1 saturated heterocycles. The Morgan fingerprint density at radius 1 is 1.05 bits per heavy atom. The number of carbonyl (C=O) groups is 4. The van der Waals surface area contributed by atoms with Crippen molar-refractivity contribution < 1.29 is 47.6 Å². The number of hydrogen-bond donors (Lipinski definition) is 1. The number of nitro benzene ring substituents is 1. The molecule has 43 heavy (non-hydrogen) atoms. The van der Waals surface area contributed by atoms with Crippen LogP contribution in [0.3, 0.4) is 0 Å². The smallest absolute Gasteiger partial charge is 0.326 e. The van der Waals surface area contributed by atoms with Crippen molar-refractivity contribution in [3.8, 4) is 11.5 Å². The lowest BCUT2D eigenvalue weighted by Crippen LogP contribution is -2.72. The topological polar surface area (TPSA) is 187 Å². The molecule has 3 rings (SSSR count). The van der Waals surface area contributed by atoms with Gasteiger partial charge in [-0.05, 0) is 65.6 Å². The largest absolute Gasteiger partial charge is 0.612 e. The number of nitrogens with zero attached hydrogens (tertiary/aromatic N) is 2. The number of hydrogen-bond acceptors (Lipinski definition) is 11. The Morgan fingerprint density at radius 2 is 1.70 bits per heavy atom. The summed E-state index contributed by atoms with van der Waals surface area (Å²) in [5.74, 6) is -1.46. The molecule has 0 aliphatic carbocycles. The minimum Gasteiger partial charge on any atom is -0.612 e. The minimum absolute atomic E-state index is 0.0192. The molecular weight excluding hydrogens is 586 g/mol. The molecule has 1 aliphatic heterocycles. The van der Waals surface area contributed by atoms with Gasteiger partial charge < -0.3 is 33.7 Å². The van der Waals surface area contributed by atoms with Gasteiger partial charge in [0.15, 0.2) is 6.61 Å². The van der Waals surface area contributed by atoms with Gasteiger partial charge in [-0.2, -0.15) is 0 Å². The van der Waals surface area contributed by atoms with Crippen molar-refractivity contribution >= 4 is 40.6 Å². The van der Waals surface area contributed by atoms with Crippen LogP contribution in [0.5, 0.6) is 11.5 Å². The Bertz CT molecular complexity index is 1350. The number of benzene rings is 2. The average Bonchev–Trinajstić information content (AvgIpc) is 3.00. The summed E-state index contributed by atoms with van der Waals surface area (Å²) in [5, 5.41) is 14.8. The zero-order valence-electron chi connectivity index (χ0n) is 23.7. The van der Waals surface area contributed by atoms with E-state index in [1.807, 2.05) is 0 Å². The average molecular weight is 618 g/mol. The van der Waals surface area contributed by atoms with Crippen molar-refractivity contribution in [2.75, 3.05) is 33.1 Å². The van der Waals surface area contributed by atoms with Crippen LogP contribution in [0, 0.1) is 10.1 Å². The van der Waals surface area contributed by atoms with Gasteiger partial charge in [-0.15, -0.1) is 0 Å². The lowest BCUT2D eigenvalue weighted by atomic mass is 9.89. The predicted octanol–water partition coefficient (Wildman–Crippen LogP) is 1.64. The maximum Gasteiger partial charge on any atom is 0.326 e. The number of non-ortho nitro benzene ring substituents is 1. The quantitative estimate of drug-likeness (QED) is 0.101. The molecule has 0 saturated carbocycles. The molecule has 0 radical (unpaired) electrons. The lowest BCUT2D eigenvalue weighted by Gasteiger charge is -2.46. The van der Waals surface area contributed by atoms with E-state index >= 15 is 0 Å². The van der Waals surface area contributed by atoms with E-state index in [1.54, 1.807) is 31.2 Å². The van der Waals surface area contributed by atoms with Crippen LogP contribution in [0.15, 0.2) is 59.5 Å². The van der Waals surface area contributed by atoms with Crippen LogP contribution < -0.4 is 14.8 Å². The Labute approximate surface area is 250 Å². The summed E-state index contributed by atoms with van der Waals surface area (Å²) in [5.41, 5.74) is 0.815. The molecule has 14 nitrogen and oxygen atoms in total. The van der Waals surface area contributed by atoms with Gasteiger partial charge in [-0.3, -0.25) is 29.3 Å². The normalized spacial score (nSPS) is 16.9. The summed E-state index contributed by atoms with van der Waals surface area (Å²) in [4.78, 5) is 61.1. The molecule has 230 valence electrons. The Kier molecular flexibility index (Phi) is 11.9. The first-order valence-electron chi connectivity index (χ1n) is 12.9. The number of ether oxygens (including phenoxy) is 4. The van der Waals surface area contributed by atoms with Gasteiger partial charge in [-0.25, -0.2) is 0 Å². The third-order valence-corrected chi connectivity index (χ3v) is 7.55. The van der Waals surface area contributed by atoms with Crippen molar-refractivity contribution in [1.82, 2.24) is 10.2 Å². The molecular formula is C28H31N3O11S. The van der Waals surface area contributed by atoms with Crippen LogP contribution in [-0.4, -0.2) is 83.3 Å². The fourth-order valence-corrected chi connectivity index (χ4v) is 5.13. The number of methoxy groups -OCH3 is 2. The van der Waals surface area contributed by atoms with E-state index in [2.05, 4.69) is 10.1 Å². The van der Waals surface area contributed by atoms with Crippen molar-refractivity contribution in [3.05, 3.63) is 75.2 Å². The van der Waals surface area contributed by atoms with Crippen molar-refractivity contribution in [2.24, 2.45) is 0 Å². The molecule has 3 unspecified atom stereocenters. The first kappa shape index (κ1) is 32.9. The van der Waals surface area contributed by atoms with E-state index in [1.165, 1.54) is 48.8 Å². The fourth-order valence-electron chi connectivity index (χ4n) is 4.09. The van der Waals surface area contributed by atoms with Crippen LogP contribution >= 0.6 is 0 Å². The molecule has 1 fully saturated rings. The molecule has 15 heteroatoms. The van der Waals surface area contributed by atoms with Crippen LogP contribution in [0.25, 0.3) is 0 Å². The van der Waals surface area contributed by atoms with Crippen molar-refractivity contribution in [3.63, 3.8) is 0 Å². The number of β-lactam (4-membered cyclic amide) rings is 1. The number of carbonyl (C=O) groups excluding carboxylic acids is 4. The van der Waals surface area contributed by atoms with Crippen molar-refractivity contribution in [2.45, 2.75) is 32.0 Å². The van der Waals surface area contributed by atoms with Gasteiger partial charge in [0, 0.05) is 12.1 Å². The molecule has 2 aromatic carbocycles. The molecule has 0 aromatic heterocycles. The Hall–Kier alpha value is -4.63. The summed E-state index contributed by atoms with van der Waals surface area (Å²) in [6.45, 7) is 0.549. The highest BCUT2D eigenvalue weighted by Crippen LogP contribution is 2.28. The molecule has 1 aliphatic rings. The molecule has 3 atom stereocenters. The monoisotopic (exact) mass is 617 g/mol. The summed E-state index contributed by atoms with van der Waals surface area (Å²) in [7, 11) is 2.74. The van der Waals surface area contributed by atoms with Crippen LogP contribution in [0.1, 0.15) is 18.9 Å². The molecule has 1 N–H and O–H groups in total. The van der Waals surface area contributed by atoms with Crippen LogP contribution in [0.4, 0.5) is 5.69 Å². The number of likely N-dealkylation sites (tertiary alicyclic amines) is 1. The van der Waals surface area contributed by atoms with Crippen molar-refractivity contribution in [1.29, 1.82) is 0 Å². The third-order valence-electron chi connectivity index (χ3n) is 6.31. The number of nitrogens with one attached hydrogen (secondary N) is 1. The molecule has 1 heterocycles. The van der Waals surface area contributed by atoms with Gasteiger partial charge >= 0.3 is 11.9 Å². The van der Waals surface area contributed by atoms with E-state index in [9.17, 15) is 33.8 Å². The number of nitro groups is 1. The summed E-state index contributed by atoms with van der Waals surface area (Å²) >= 11 is -1.60. The number of amides is 2. The zero-order valence-corrected chi connectivity index (χ0v) is 24.5. The second-order valence-corrected chi connectivity index (χ2v) is 10.7. The summed E-state index contributed by atoms with van der Waals surface area (Å²) < 4.78 is 32.9. The van der Waals surface area contributed by atoms with E-state index in [-0.39, 0.29) is 24.5 Å². The van der Waals surface area contributed by atoms with Crippen LogP contribution in [-0.2, 0) is 46.4 Å². The maximum atomic E-state index is 13.0. The van der Waals surface area contributed by atoms with Crippen LogP contribution in [0.2, 0.25) is 0 Å². The standard InChI is InChI=1S/C28H31N3O11S/c1-18(17-43(38)13-12-24(33)40-3)27-26(29-23(32)16-41-22-10-8-21(39-2)9-11-22)28(35)30(27)14-25(34)42-15-19-4-6-20(7-5-19)31(36)37/h4-11,17,26-27H,12-16H2,1-3H3,(H,29,32). The minimum atomic E-state index is -1.60. The van der Waals surface area contributed by atoms with E-state index in [4.69, 9.17) is 14.2 Å².